The molecule has 0 fully saturated rings. The van der Waals surface area contributed by atoms with E-state index in [0.717, 1.165) is 6.07 Å². The number of benzene rings is 2. The van der Waals surface area contributed by atoms with Crippen LogP contribution in [0.5, 0.6) is 5.75 Å². The Kier molecular flexibility index (Phi) is 5.99. The fraction of sp³-hybridized carbons (Fsp3) is 0.125. The van der Waals surface area contributed by atoms with Gasteiger partial charge in [-0.3, -0.25) is 30.6 Å². The van der Waals surface area contributed by atoms with Gasteiger partial charge in [0, 0.05) is 17.7 Å². The molecule has 0 aliphatic heterocycles. The lowest BCUT2D eigenvalue weighted by molar-refractivity contribution is -0.384. The first-order valence-electron chi connectivity index (χ1n) is 7.18. The van der Waals surface area contributed by atoms with Crippen LogP contribution in [-0.4, -0.2) is 23.3 Å². The number of nitrogens with zero attached hydrogens (tertiary/aromatic N) is 1. The molecule has 0 saturated heterocycles. The third-order valence-corrected chi connectivity index (χ3v) is 3.06. The van der Waals surface area contributed by atoms with Crippen LogP contribution in [0.4, 0.5) is 10.1 Å². The molecule has 0 aliphatic rings. The van der Waals surface area contributed by atoms with Crippen molar-refractivity contribution in [3.8, 4) is 5.75 Å². The highest BCUT2D eigenvalue weighted by Gasteiger charge is 2.12. The maximum atomic E-state index is 13.3. The van der Waals surface area contributed by atoms with Crippen LogP contribution in [0.1, 0.15) is 16.8 Å². The number of carbonyl (C=O) groups is 2. The van der Waals surface area contributed by atoms with Gasteiger partial charge in [0.05, 0.1) is 18.0 Å². The summed E-state index contributed by atoms with van der Waals surface area (Å²) in [4.78, 5) is 33.5. The second-order valence-corrected chi connectivity index (χ2v) is 4.84. The van der Waals surface area contributed by atoms with Crippen LogP contribution in [0.3, 0.4) is 0 Å². The van der Waals surface area contributed by atoms with Crippen molar-refractivity contribution in [1.29, 1.82) is 0 Å². The largest absolute Gasteiger partial charge is 0.490 e. The topological polar surface area (TPSA) is 111 Å². The summed E-state index contributed by atoms with van der Waals surface area (Å²) >= 11 is 0. The number of amides is 2. The summed E-state index contributed by atoms with van der Waals surface area (Å²) in [5.41, 5.74) is 4.07. The highest BCUT2D eigenvalue weighted by molar-refractivity contribution is 5.95. The highest BCUT2D eigenvalue weighted by atomic mass is 19.1. The van der Waals surface area contributed by atoms with Crippen LogP contribution in [0.15, 0.2) is 48.5 Å². The molecule has 0 atom stereocenters. The van der Waals surface area contributed by atoms with E-state index in [0.29, 0.717) is 0 Å². The number of hydrazine groups is 1. The average Bonchev–Trinajstić information content (AvgIpc) is 2.61. The van der Waals surface area contributed by atoms with E-state index in [4.69, 9.17) is 4.74 Å². The molecule has 2 rings (SSSR count). The van der Waals surface area contributed by atoms with E-state index >= 15 is 0 Å². The average molecular weight is 347 g/mol. The van der Waals surface area contributed by atoms with Crippen molar-refractivity contribution < 1.29 is 23.6 Å². The van der Waals surface area contributed by atoms with E-state index in [9.17, 15) is 24.1 Å². The summed E-state index contributed by atoms with van der Waals surface area (Å²) < 4.78 is 18.4. The molecule has 8 nitrogen and oxygen atoms in total. The van der Waals surface area contributed by atoms with Gasteiger partial charge < -0.3 is 4.74 Å². The van der Waals surface area contributed by atoms with Crippen LogP contribution in [-0.2, 0) is 4.79 Å². The second-order valence-electron chi connectivity index (χ2n) is 4.84. The Morgan fingerprint density at radius 3 is 2.60 bits per heavy atom. The summed E-state index contributed by atoms with van der Waals surface area (Å²) in [6.45, 7) is -0.0839. The Hall–Kier alpha value is -3.49. The maximum absolute atomic E-state index is 13.3. The van der Waals surface area contributed by atoms with Crippen molar-refractivity contribution in [3.63, 3.8) is 0 Å². The molecule has 0 spiro atoms. The van der Waals surface area contributed by atoms with Gasteiger partial charge in [-0.05, 0) is 18.2 Å². The van der Waals surface area contributed by atoms with Crippen molar-refractivity contribution >= 4 is 17.5 Å². The van der Waals surface area contributed by atoms with Gasteiger partial charge >= 0.3 is 0 Å². The number of halogens is 1. The smallest absolute Gasteiger partial charge is 0.270 e. The lowest BCUT2D eigenvalue weighted by Gasteiger charge is -2.09. The van der Waals surface area contributed by atoms with Gasteiger partial charge in [-0.2, -0.15) is 0 Å². The van der Waals surface area contributed by atoms with E-state index in [1.54, 1.807) is 6.07 Å². The van der Waals surface area contributed by atoms with Crippen LogP contribution in [0, 0.1) is 15.9 Å². The summed E-state index contributed by atoms with van der Waals surface area (Å²) in [5.74, 6) is -1.78. The Morgan fingerprint density at radius 1 is 1.12 bits per heavy atom. The zero-order valence-corrected chi connectivity index (χ0v) is 12.9. The molecule has 0 unspecified atom stereocenters. The molecular weight excluding hydrogens is 333 g/mol. The maximum Gasteiger partial charge on any atom is 0.270 e. The first-order chi connectivity index (χ1) is 12.0. The van der Waals surface area contributed by atoms with Gasteiger partial charge in [-0.1, -0.05) is 18.2 Å². The highest BCUT2D eigenvalue weighted by Crippen LogP contribution is 2.15. The van der Waals surface area contributed by atoms with E-state index in [1.165, 1.54) is 36.4 Å². The van der Waals surface area contributed by atoms with Gasteiger partial charge in [0.25, 0.3) is 11.6 Å². The number of rotatable bonds is 6. The fourth-order valence-electron chi connectivity index (χ4n) is 1.84. The molecular formula is C16H14FN3O5. The van der Waals surface area contributed by atoms with Crippen molar-refractivity contribution in [3.05, 3.63) is 70.0 Å². The van der Waals surface area contributed by atoms with Crippen LogP contribution < -0.4 is 15.6 Å². The fourth-order valence-corrected chi connectivity index (χ4v) is 1.84. The molecule has 2 aromatic carbocycles. The molecule has 0 bridgehead atoms. The molecule has 0 radical (unpaired) electrons. The number of nitro benzene ring substituents is 1. The number of carbonyl (C=O) groups excluding carboxylic acids is 2. The number of para-hydroxylation sites is 1. The molecule has 0 aromatic heterocycles. The number of non-ortho nitro benzene ring substituents is 1. The van der Waals surface area contributed by atoms with Gasteiger partial charge in [0.1, 0.15) is 0 Å². The monoisotopic (exact) mass is 347 g/mol. The number of nitro groups is 1. The Balaban J connectivity index is 1.78. The molecule has 25 heavy (non-hydrogen) atoms. The van der Waals surface area contributed by atoms with Crippen molar-refractivity contribution in [1.82, 2.24) is 10.9 Å². The zero-order chi connectivity index (χ0) is 18.2. The quantitative estimate of drug-likeness (QED) is 0.613. The minimum atomic E-state index is -0.702. The molecule has 9 heteroatoms. The zero-order valence-electron chi connectivity index (χ0n) is 12.9. The molecule has 2 amide bonds. The SMILES string of the molecule is O=C(CCOc1ccccc1F)NNC(=O)c1cccc([N+](=O)[O-])c1. The van der Waals surface area contributed by atoms with Crippen LogP contribution in [0.2, 0.25) is 0 Å². The molecule has 0 saturated carbocycles. The van der Waals surface area contributed by atoms with Crippen molar-refractivity contribution in [2.24, 2.45) is 0 Å². The van der Waals surface area contributed by atoms with Crippen molar-refractivity contribution in [2.45, 2.75) is 6.42 Å². The standard InChI is InChI=1S/C16H14FN3O5/c17-13-6-1-2-7-14(13)25-9-8-15(21)18-19-16(22)11-4-3-5-12(10-11)20(23)24/h1-7,10H,8-9H2,(H,18,21)(H,19,22). The van der Waals surface area contributed by atoms with Crippen molar-refractivity contribution in [2.75, 3.05) is 6.61 Å². The lowest BCUT2D eigenvalue weighted by Crippen LogP contribution is -2.42. The summed E-state index contributed by atoms with van der Waals surface area (Å²) in [6.07, 6.45) is -0.121. The summed E-state index contributed by atoms with van der Waals surface area (Å²) in [7, 11) is 0. The Bertz CT molecular complexity index is 797. The third kappa shape index (κ3) is 5.27. The number of hydrogen-bond donors (Lipinski definition) is 2. The van der Waals surface area contributed by atoms with Crippen LogP contribution in [0.25, 0.3) is 0 Å². The number of hydrogen-bond acceptors (Lipinski definition) is 5. The first kappa shape index (κ1) is 17.9. The first-order valence-corrected chi connectivity index (χ1v) is 7.18. The minimum absolute atomic E-state index is 0.0240. The summed E-state index contributed by atoms with van der Waals surface area (Å²) in [5, 5.41) is 10.7. The van der Waals surface area contributed by atoms with E-state index < -0.39 is 22.6 Å². The second kappa shape index (κ2) is 8.39. The van der Waals surface area contributed by atoms with Gasteiger partial charge in [-0.25, -0.2) is 4.39 Å². The van der Waals surface area contributed by atoms with E-state index in [-0.39, 0.29) is 30.0 Å². The van der Waals surface area contributed by atoms with E-state index in [1.807, 2.05) is 0 Å². The molecule has 130 valence electrons. The molecule has 2 N–H and O–H groups in total. The van der Waals surface area contributed by atoms with Crippen LogP contribution >= 0.6 is 0 Å². The Labute approximate surface area is 141 Å². The van der Waals surface area contributed by atoms with Gasteiger partial charge in [0.2, 0.25) is 5.91 Å². The predicted octanol–water partition coefficient (Wildman–Crippen LogP) is 1.96. The third-order valence-electron chi connectivity index (χ3n) is 3.06. The van der Waals surface area contributed by atoms with E-state index in [2.05, 4.69) is 10.9 Å². The predicted molar refractivity (Wildman–Crippen MR) is 85.2 cm³/mol. The Morgan fingerprint density at radius 2 is 1.88 bits per heavy atom. The van der Waals surface area contributed by atoms with Gasteiger partial charge in [0.15, 0.2) is 11.6 Å². The van der Waals surface area contributed by atoms with Gasteiger partial charge in [-0.15, -0.1) is 0 Å². The number of ether oxygens (including phenoxy) is 1. The normalized spacial score (nSPS) is 9.96. The molecule has 0 heterocycles. The minimum Gasteiger partial charge on any atom is -0.490 e. The molecule has 0 aliphatic carbocycles. The lowest BCUT2D eigenvalue weighted by atomic mass is 10.2. The summed E-state index contributed by atoms with van der Waals surface area (Å²) in [6, 6.07) is 10.8. The number of nitrogens with one attached hydrogen (secondary N) is 2. The molecule has 2 aromatic rings.